The van der Waals surface area contributed by atoms with E-state index in [1.165, 1.54) is 5.69 Å². The summed E-state index contributed by atoms with van der Waals surface area (Å²) in [6, 6.07) is 16.0. The van der Waals surface area contributed by atoms with Crippen molar-refractivity contribution < 1.29 is 4.74 Å². The first kappa shape index (κ1) is 19.8. The van der Waals surface area contributed by atoms with Gasteiger partial charge >= 0.3 is 0 Å². The van der Waals surface area contributed by atoms with Crippen molar-refractivity contribution in [2.24, 2.45) is 5.10 Å². The van der Waals surface area contributed by atoms with Gasteiger partial charge in [0.15, 0.2) is 5.82 Å². The number of benzene rings is 2. The molecule has 0 atom stereocenters. The van der Waals surface area contributed by atoms with Gasteiger partial charge < -0.3 is 9.64 Å². The van der Waals surface area contributed by atoms with Gasteiger partial charge in [-0.3, -0.25) is 0 Å². The number of hydrogen-bond donors (Lipinski definition) is 1. The van der Waals surface area contributed by atoms with Gasteiger partial charge in [-0.25, -0.2) is 5.10 Å². The lowest BCUT2D eigenvalue weighted by molar-refractivity contribution is 0.340. The molecule has 146 valence electrons. The van der Waals surface area contributed by atoms with Gasteiger partial charge in [-0.2, -0.15) is 14.9 Å². The van der Waals surface area contributed by atoms with Crippen LogP contribution in [0.1, 0.15) is 26.3 Å². The lowest BCUT2D eigenvalue weighted by Crippen LogP contribution is -2.21. The number of hydrogen-bond acceptors (Lipinski definition) is 5. The first-order valence-electron chi connectivity index (χ1n) is 9.46. The van der Waals surface area contributed by atoms with Gasteiger partial charge in [0.25, 0.3) is 0 Å². The van der Waals surface area contributed by atoms with E-state index >= 15 is 0 Å². The van der Waals surface area contributed by atoms with Crippen molar-refractivity contribution in [1.82, 2.24) is 14.9 Å². The van der Waals surface area contributed by atoms with Crippen LogP contribution >= 0.6 is 12.2 Å². The molecule has 2 aromatic carbocycles. The lowest BCUT2D eigenvalue weighted by atomic mass is 10.2. The van der Waals surface area contributed by atoms with Crippen LogP contribution in [0.15, 0.2) is 53.6 Å². The third-order valence-corrected chi connectivity index (χ3v) is 4.66. The highest BCUT2D eigenvalue weighted by molar-refractivity contribution is 7.71. The van der Waals surface area contributed by atoms with Crippen molar-refractivity contribution in [2.45, 2.75) is 20.8 Å². The summed E-state index contributed by atoms with van der Waals surface area (Å²) in [6.45, 7) is 8.84. The van der Waals surface area contributed by atoms with Crippen molar-refractivity contribution in [3.05, 3.63) is 58.9 Å². The summed E-state index contributed by atoms with van der Waals surface area (Å²) in [4.78, 5) is 2.30. The molecule has 6 nitrogen and oxygen atoms in total. The topological polar surface area (TPSA) is 58.4 Å². The second-order valence-electron chi connectivity index (χ2n) is 6.13. The summed E-state index contributed by atoms with van der Waals surface area (Å²) in [6.07, 6.45) is 1.78. The van der Waals surface area contributed by atoms with Crippen LogP contribution in [0.3, 0.4) is 0 Å². The standard InChI is InChI=1S/C21H25N5OS/c1-4-25(5-2)18-12-10-16(11-13-18)15-22-26-20(23-24-21(26)28)17-8-7-9-19(14-17)27-6-3/h7-15H,4-6H2,1-3H3,(H,24,28). The number of aromatic amines is 1. The van der Waals surface area contributed by atoms with Crippen LogP contribution in [0.25, 0.3) is 11.4 Å². The third-order valence-electron chi connectivity index (χ3n) is 4.40. The van der Waals surface area contributed by atoms with Crippen molar-refractivity contribution in [1.29, 1.82) is 0 Å². The van der Waals surface area contributed by atoms with E-state index in [1.54, 1.807) is 10.9 Å². The largest absolute Gasteiger partial charge is 0.494 e. The Morgan fingerprint density at radius 1 is 1.14 bits per heavy atom. The molecule has 0 spiro atoms. The quantitative estimate of drug-likeness (QED) is 0.442. The average molecular weight is 396 g/mol. The van der Waals surface area contributed by atoms with Crippen LogP contribution in [-0.4, -0.2) is 40.8 Å². The predicted molar refractivity (Wildman–Crippen MR) is 117 cm³/mol. The van der Waals surface area contributed by atoms with Gasteiger partial charge in [0, 0.05) is 24.3 Å². The Kier molecular flexibility index (Phi) is 6.60. The minimum Gasteiger partial charge on any atom is -0.494 e. The van der Waals surface area contributed by atoms with Gasteiger partial charge in [0.1, 0.15) is 5.75 Å². The van der Waals surface area contributed by atoms with Crippen molar-refractivity contribution in [2.75, 3.05) is 24.6 Å². The number of nitrogens with zero attached hydrogens (tertiary/aromatic N) is 4. The molecule has 3 aromatic rings. The zero-order chi connectivity index (χ0) is 19.9. The summed E-state index contributed by atoms with van der Waals surface area (Å²) < 4.78 is 7.64. The highest BCUT2D eigenvalue weighted by Crippen LogP contribution is 2.22. The predicted octanol–water partition coefficient (Wildman–Crippen LogP) is 4.73. The average Bonchev–Trinajstić information content (AvgIpc) is 3.09. The molecular weight excluding hydrogens is 370 g/mol. The highest BCUT2D eigenvalue weighted by atomic mass is 32.1. The Bertz CT molecular complexity index is 987. The monoisotopic (exact) mass is 395 g/mol. The Morgan fingerprint density at radius 3 is 2.57 bits per heavy atom. The van der Waals surface area contributed by atoms with Gasteiger partial charge in [-0.15, -0.1) is 0 Å². The second-order valence-corrected chi connectivity index (χ2v) is 6.52. The highest BCUT2D eigenvalue weighted by Gasteiger charge is 2.09. The van der Waals surface area contributed by atoms with Crippen molar-refractivity contribution >= 4 is 24.1 Å². The van der Waals surface area contributed by atoms with Crippen LogP contribution in [0.2, 0.25) is 0 Å². The number of aromatic nitrogens is 3. The Balaban J connectivity index is 1.86. The second kappa shape index (κ2) is 9.32. The van der Waals surface area contributed by atoms with E-state index in [-0.39, 0.29) is 0 Å². The maximum atomic E-state index is 5.58. The summed E-state index contributed by atoms with van der Waals surface area (Å²) in [5.41, 5.74) is 3.08. The molecule has 0 unspecified atom stereocenters. The van der Waals surface area contributed by atoms with Gasteiger partial charge in [0.05, 0.1) is 12.8 Å². The maximum Gasteiger partial charge on any atom is 0.216 e. The molecule has 0 saturated carbocycles. The normalized spacial score (nSPS) is 11.1. The summed E-state index contributed by atoms with van der Waals surface area (Å²) in [5, 5.41) is 11.7. The molecule has 0 radical (unpaired) electrons. The molecule has 0 aliphatic heterocycles. The Labute approximate surface area is 170 Å². The molecule has 0 amide bonds. The van der Waals surface area contributed by atoms with E-state index in [0.717, 1.165) is 30.0 Å². The fourth-order valence-corrected chi connectivity index (χ4v) is 3.14. The maximum absolute atomic E-state index is 5.58. The molecule has 0 fully saturated rings. The van der Waals surface area contributed by atoms with Crippen LogP contribution < -0.4 is 9.64 Å². The first-order chi connectivity index (χ1) is 13.7. The third kappa shape index (κ3) is 4.48. The number of anilines is 1. The molecule has 1 N–H and O–H groups in total. The molecule has 1 aromatic heterocycles. The van der Waals surface area contributed by atoms with Crippen LogP contribution in [0.5, 0.6) is 5.75 Å². The fourth-order valence-electron chi connectivity index (χ4n) is 2.96. The van der Waals surface area contributed by atoms with Gasteiger partial charge in [-0.1, -0.05) is 24.3 Å². The summed E-state index contributed by atoms with van der Waals surface area (Å²) in [7, 11) is 0. The zero-order valence-corrected chi connectivity index (χ0v) is 17.2. The summed E-state index contributed by atoms with van der Waals surface area (Å²) in [5.74, 6) is 1.43. The van der Waals surface area contributed by atoms with E-state index in [0.29, 0.717) is 17.2 Å². The molecule has 0 aliphatic rings. The lowest BCUT2D eigenvalue weighted by Gasteiger charge is -2.20. The van der Waals surface area contributed by atoms with Crippen molar-refractivity contribution in [3.63, 3.8) is 0 Å². The van der Waals surface area contributed by atoms with Gasteiger partial charge in [0.2, 0.25) is 4.77 Å². The summed E-state index contributed by atoms with van der Waals surface area (Å²) >= 11 is 5.35. The number of H-pyrrole nitrogens is 1. The zero-order valence-electron chi connectivity index (χ0n) is 16.4. The van der Waals surface area contributed by atoms with E-state index in [1.807, 2.05) is 31.2 Å². The molecular formula is C21H25N5OS. The molecule has 7 heteroatoms. The number of nitrogens with one attached hydrogen (secondary N) is 1. The minimum absolute atomic E-state index is 0.438. The molecule has 3 rings (SSSR count). The molecule has 0 bridgehead atoms. The van der Waals surface area contributed by atoms with E-state index in [9.17, 15) is 0 Å². The van der Waals surface area contributed by atoms with Gasteiger partial charge in [-0.05, 0) is 62.8 Å². The van der Waals surface area contributed by atoms with E-state index in [2.05, 4.69) is 58.3 Å². The number of rotatable bonds is 8. The Morgan fingerprint density at radius 2 is 1.89 bits per heavy atom. The Hall–Kier alpha value is -2.93. The molecule has 0 saturated heterocycles. The van der Waals surface area contributed by atoms with Crippen LogP contribution in [0.4, 0.5) is 5.69 Å². The molecule has 0 aliphatic carbocycles. The number of ether oxygens (including phenoxy) is 1. The SMILES string of the molecule is CCOc1cccc(-c2n[nH]c(=S)n2N=Cc2ccc(N(CC)CC)cc2)c1. The van der Waals surface area contributed by atoms with Crippen LogP contribution in [-0.2, 0) is 0 Å². The minimum atomic E-state index is 0.438. The fraction of sp³-hybridized carbons (Fsp3) is 0.286. The first-order valence-corrected chi connectivity index (χ1v) is 9.87. The molecule has 28 heavy (non-hydrogen) atoms. The van der Waals surface area contributed by atoms with E-state index < -0.39 is 0 Å². The smallest absolute Gasteiger partial charge is 0.216 e. The van der Waals surface area contributed by atoms with Crippen LogP contribution in [0, 0.1) is 4.77 Å². The van der Waals surface area contributed by atoms with Crippen molar-refractivity contribution in [3.8, 4) is 17.1 Å². The van der Waals surface area contributed by atoms with E-state index in [4.69, 9.17) is 17.0 Å². The molecule has 1 heterocycles.